The molecule has 56 heavy (non-hydrogen) atoms. The van der Waals surface area contributed by atoms with E-state index in [1.54, 1.807) is 0 Å². The van der Waals surface area contributed by atoms with Crippen LogP contribution in [0, 0.1) is 0 Å². The van der Waals surface area contributed by atoms with E-state index >= 15 is 0 Å². The van der Waals surface area contributed by atoms with E-state index in [4.69, 9.17) is 9.40 Å². The molecule has 3 heteroatoms. The summed E-state index contributed by atoms with van der Waals surface area (Å²) in [5.41, 5.74) is 10.3. The molecule has 0 atom stereocenters. The van der Waals surface area contributed by atoms with Gasteiger partial charge in [0.1, 0.15) is 11.2 Å². The molecule has 0 saturated carbocycles. The lowest BCUT2D eigenvalue weighted by Crippen LogP contribution is -1.92. The molecular formula is C53H31NOS. The zero-order chi connectivity index (χ0) is 36.7. The lowest BCUT2D eigenvalue weighted by molar-refractivity contribution is 0.671. The van der Waals surface area contributed by atoms with Crippen molar-refractivity contribution in [3.8, 4) is 44.8 Å². The molecule has 9 aromatic carbocycles. The van der Waals surface area contributed by atoms with Gasteiger partial charge in [-0.1, -0.05) is 158 Å². The normalized spacial score (nSPS) is 11.9. The van der Waals surface area contributed by atoms with Crippen LogP contribution in [0.25, 0.3) is 119 Å². The number of hydrogen-bond donors (Lipinski definition) is 0. The Kier molecular flexibility index (Phi) is 6.83. The summed E-state index contributed by atoms with van der Waals surface area (Å²) in [6.07, 6.45) is 0. The third kappa shape index (κ3) is 4.78. The van der Waals surface area contributed by atoms with Gasteiger partial charge in [0.25, 0.3) is 0 Å². The van der Waals surface area contributed by atoms with Crippen LogP contribution < -0.4 is 0 Å². The van der Waals surface area contributed by atoms with Gasteiger partial charge >= 0.3 is 0 Å². The van der Waals surface area contributed by atoms with Crippen LogP contribution in [-0.4, -0.2) is 4.98 Å². The number of furan rings is 1. The number of pyridine rings is 1. The summed E-state index contributed by atoms with van der Waals surface area (Å²) in [6, 6.07) is 67.7. The highest BCUT2D eigenvalue weighted by Crippen LogP contribution is 2.45. The van der Waals surface area contributed by atoms with Crippen molar-refractivity contribution >= 4 is 85.8 Å². The first-order chi connectivity index (χ1) is 27.7. The van der Waals surface area contributed by atoms with Crippen LogP contribution in [0.1, 0.15) is 0 Å². The molecule has 0 radical (unpaired) electrons. The Labute approximate surface area is 326 Å². The summed E-state index contributed by atoms with van der Waals surface area (Å²) in [5, 5.41) is 12.2. The largest absolute Gasteiger partial charge is 0.455 e. The van der Waals surface area contributed by atoms with Gasteiger partial charge in [-0.15, -0.1) is 11.3 Å². The van der Waals surface area contributed by atoms with Crippen LogP contribution in [0.15, 0.2) is 192 Å². The zero-order valence-corrected chi connectivity index (χ0v) is 31.0. The van der Waals surface area contributed by atoms with Crippen molar-refractivity contribution in [1.82, 2.24) is 4.98 Å². The summed E-state index contributed by atoms with van der Waals surface area (Å²) < 4.78 is 9.42. The molecule has 0 aliphatic carbocycles. The molecule has 0 aliphatic heterocycles. The van der Waals surface area contributed by atoms with E-state index in [0.29, 0.717) is 0 Å². The summed E-state index contributed by atoms with van der Waals surface area (Å²) in [7, 11) is 0. The van der Waals surface area contributed by atoms with E-state index in [2.05, 4.69) is 188 Å². The molecule has 0 unspecified atom stereocenters. The van der Waals surface area contributed by atoms with Gasteiger partial charge in [-0.25, -0.2) is 4.98 Å². The first-order valence-corrected chi connectivity index (χ1v) is 19.8. The molecule has 12 aromatic rings. The van der Waals surface area contributed by atoms with Gasteiger partial charge in [0, 0.05) is 58.6 Å². The fourth-order valence-corrected chi connectivity index (χ4v) is 9.94. The summed E-state index contributed by atoms with van der Waals surface area (Å²) in [6.45, 7) is 0. The minimum absolute atomic E-state index is 0.893. The number of aromatic nitrogens is 1. The Hall–Kier alpha value is -7.07. The standard InChI is InChI=1S/C53H31NOS/c1-2-12-33(13-3-1)40-19-9-21-43-44-22-10-20-41(53(44)55-52(40)43)36-16-8-17-37(30-36)46-31-45-42(51(54-46)38-24-23-32-11-4-5-15-35(32)29-38)26-28-48-50(45)49-39-18-7-6-14-34(39)25-27-47(49)56-48/h1-31H. The number of hydrogen-bond acceptors (Lipinski definition) is 3. The van der Waals surface area contributed by atoms with E-state index in [1.807, 2.05) is 11.3 Å². The average molecular weight is 730 g/mol. The molecule has 0 amide bonds. The Morgan fingerprint density at radius 2 is 0.964 bits per heavy atom. The van der Waals surface area contributed by atoms with E-state index in [-0.39, 0.29) is 0 Å². The van der Waals surface area contributed by atoms with Crippen molar-refractivity contribution < 1.29 is 4.42 Å². The molecule has 0 aliphatic rings. The number of benzene rings is 9. The first kappa shape index (κ1) is 31.3. The second kappa shape index (κ2) is 12.2. The Balaban J connectivity index is 1.11. The van der Waals surface area contributed by atoms with Gasteiger partial charge in [-0.3, -0.25) is 0 Å². The van der Waals surface area contributed by atoms with Crippen molar-refractivity contribution in [1.29, 1.82) is 0 Å². The van der Waals surface area contributed by atoms with Crippen LogP contribution in [0.2, 0.25) is 0 Å². The van der Waals surface area contributed by atoms with E-state index in [9.17, 15) is 0 Å². The quantitative estimate of drug-likeness (QED) is 0.180. The summed E-state index contributed by atoms with van der Waals surface area (Å²) >= 11 is 1.87. The van der Waals surface area contributed by atoms with Crippen molar-refractivity contribution in [3.63, 3.8) is 0 Å². The van der Waals surface area contributed by atoms with Gasteiger partial charge in [-0.2, -0.15) is 0 Å². The molecular weight excluding hydrogens is 699 g/mol. The van der Waals surface area contributed by atoms with Crippen molar-refractivity contribution in [3.05, 3.63) is 188 Å². The van der Waals surface area contributed by atoms with Gasteiger partial charge in [0.2, 0.25) is 0 Å². The molecule has 12 rings (SSSR count). The monoisotopic (exact) mass is 729 g/mol. The third-order valence-corrected chi connectivity index (χ3v) is 12.6. The topological polar surface area (TPSA) is 26.0 Å². The minimum Gasteiger partial charge on any atom is -0.455 e. The van der Waals surface area contributed by atoms with Gasteiger partial charge in [-0.05, 0) is 68.4 Å². The number of nitrogens with zero attached hydrogens (tertiary/aromatic N) is 1. The first-order valence-electron chi connectivity index (χ1n) is 19.0. The number of fused-ring (bicyclic) bond motifs is 11. The Morgan fingerprint density at radius 3 is 1.79 bits per heavy atom. The highest BCUT2D eigenvalue weighted by Gasteiger charge is 2.19. The van der Waals surface area contributed by atoms with Crippen LogP contribution in [0.4, 0.5) is 0 Å². The highest BCUT2D eigenvalue weighted by atomic mass is 32.1. The highest BCUT2D eigenvalue weighted by molar-refractivity contribution is 7.26. The molecule has 2 nitrogen and oxygen atoms in total. The molecule has 3 heterocycles. The molecule has 0 N–H and O–H groups in total. The van der Waals surface area contributed by atoms with Crippen molar-refractivity contribution in [2.24, 2.45) is 0 Å². The zero-order valence-electron chi connectivity index (χ0n) is 30.2. The maximum atomic E-state index is 6.84. The van der Waals surface area contributed by atoms with Gasteiger partial charge in [0.15, 0.2) is 0 Å². The second-order valence-electron chi connectivity index (χ2n) is 14.6. The Bertz CT molecular complexity index is 3540. The number of thiophene rings is 1. The van der Waals surface area contributed by atoms with E-state index in [0.717, 1.165) is 72.1 Å². The molecule has 0 saturated heterocycles. The fraction of sp³-hybridized carbons (Fsp3) is 0. The summed E-state index contributed by atoms with van der Waals surface area (Å²) in [5.74, 6) is 0. The van der Waals surface area contributed by atoms with Crippen molar-refractivity contribution in [2.45, 2.75) is 0 Å². The van der Waals surface area contributed by atoms with Crippen LogP contribution in [0.3, 0.4) is 0 Å². The van der Waals surface area contributed by atoms with E-state index < -0.39 is 0 Å². The van der Waals surface area contributed by atoms with Gasteiger partial charge < -0.3 is 4.42 Å². The maximum Gasteiger partial charge on any atom is 0.143 e. The molecule has 0 spiro atoms. The van der Waals surface area contributed by atoms with Crippen molar-refractivity contribution in [2.75, 3.05) is 0 Å². The molecule has 0 bridgehead atoms. The predicted molar refractivity (Wildman–Crippen MR) is 239 cm³/mol. The number of para-hydroxylation sites is 2. The van der Waals surface area contributed by atoms with Crippen LogP contribution in [-0.2, 0) is 0 Å². The lowest BCUT2D eigenvalue weighted by Gasteiger charge is -2.13. The van der Waals surface area contributed by atoms with Crippen LogP contribution in [0.5, 0.6) is 0 Å². The van der Waals surface area contributed by atoms with Crippen LogP contribution >= 0.6 is 11.3 Å². The maximum absolute atomic E-state index is 6.84. The average Bonchev–Trinajstić information content (AvgIpc) is 3.86. The molecule has 0 fully saturated rings. The smallest absolute Gasteiger partial charge is 0.143 e. The third-order valence-electron chi connectivity index (χ3n) is 11.4. The SMILES string of the molecule is c1ccc(-c2cccc3c2oc2c(-c4cccc(-c5cc6c(ccc7sc8ccc9ccccc9c8c76)c(-c6ccc7ccccc7c6)n5)c4)cccc23)cc1. The van der Waals surface area contributed by atoms with Gasteiger partial charge in [0.05, 0.1) is 11.4 Å². The fourth-order valence-electron chi connectivity index (χ4n) is 8.80. The minimum atomic E-state index is 0.893. The molecule has 3 aromatic heterocycles. The lowest BCUT2D eigenvalue weighted by atomic mass is 9.94. The predicted octanol–water partition coefficient (Wildman–Crippen LogP) is 15.5. The summed E-state index contributed by atoms with van der Waals surface area (Å²) in [4.78, 5) is 5.54. The van der Waals surface area contributed by atoms with E-state index in [1.165, 1.54) is 47.1 Å². The number of rotatable bonds is 4. The molecule has 260 valence electrons. The second-order valence-corrected chi connectivity index (χ2v) is 15.7. The Morgan fingerprint density at radius 1 is 0.357 bits per heavy atom.